The van der Waals surface area contributed by atoms with Crippen LogP contribution in [0.4, 0.5) is 16.6 Å². The van der Waals surface area contributed by atoms with E-state index >= 15 is 0 Å². The molecular formula is C13H12BrClN4OS. The number of anilines is 3. The molecule has 0 aliphatic heterocycles. The number of hydrogen-bond donors (Lipinski definition) is 3. The zero-order valence-electron chi connectivity index (χ0n) is 10.8. The van der Waals surface area contributed by atoms with E-state index in [0.29, 0.717) is 31.2 Å². The highest BCUT2D eigenvalue weighted by Crippen LogP contribution is 2.32. The van der Waals surface area contributed by atoms with Crippen LogP contribution in [0.25, 0.3) is 0 Å². The molecule has 5 nitrogen and oxygen atoms in total. The van der Waals surface area contributed by atoms with Crippen molar-refractivity contribution in [3.63, 3.8) is 0 Å². The van der Waals surface area contributed by atoms with Crippen LogP contribution >= 0.6 is 38.9 Å². The van der Waals surface area contributed by atoms with Crippen LogP contribution in [-0.4, -0.2) is 16.9 Å². The molecule has 1 aliphatic rings. The third-order valence-corrected chi connectivity index (χ3v) is 4.84. The molecule has 1 saturated carbocycles. The molecule has 1 heterocycles. The van der Waals surface area contributed by atoms with Crippen molar-refractivity contribution in [2.75, 3.05) is 16.4 Å². The number of aromatic nitrogens is 1. The first kappa shape index (κ1) is 14.6. The lowest BCUT2D eigenvalue weighted by atomic mass is 10.3. The number of nitrogens with one attached hydrogen (secondary N) is 2. The zero-order chi connectivity index (χ0) is 15.0. The Morgan fingerprint density at radius 2 is 2.24 bits per heavy atom. The lowest BCUT2D eigenvalue weighted by Gasteiger charge is -2.06. The molecule has 0 radical (unpaired) electrons. The molecule has 0 spiro atoms. The van der Waals surface area contributed by atoms with E-state index in [1.165, 1.54) is 11.3 Å². The summed E-state index contributed by atoms with van der Waals surface area (Å²) >= 11 is 10.5. The summed E-state index contributed by atoms with van der Waals surface area (Å²) in [5, 5.41) is 7.31. The van der Waals surface area contributed by atoms with E-state index in [9.17, 15) is 4.79 Å². The minimum absolute atomic E-state index is 0.241. The first-order valence-electron chi connectivity index (χ1n) is 6.32. The fraction of sp³-hybridized carbons (Fsp3) is 0.231. The smallest absolute Gasteiger partial charge is 0.269 e. The molecule has 0 saturated heterocycles. The molecule has 2 aromatic rings. The first-order chi connectivity index (χ1) is 10.0. The normalized spacial score (nSPS) is 14.0. The van der Waals surface area contributed by atoms with Gasteiger partial charge in [-0.2, -0.15) is 0 Å². The number of carbonyl (C=O) groups excluding carboxylic acids is 1. The maximum atomic E-state index is 12.3. The van der Waals surface area contributed by atoms with Crippen LogP contribution in [0.2, 0.25) is 5.02 Å². The standard InChI is InChI=1S/C13H12BrClN4OS/c14-8-5-6(15)1-4-9(8)18-12(20)10-11(16)19-13(21-10)17-7-2-3-7/h1,4-5,7H,2-3,16H2,(H,17,19)(H,18,20). The molecular weight excluding hydrogens is 376 g/mol. The van der Waals surface area contributed by atoms with E-state index in [1.807, 2.05) is 0 Å². The SMILES string of the molecule is Nc1nc(NC2CC2)sc1C(=O)Nc1ccc(Cl)cc1Br. The molecule has 8 heteroatoms. The van der Waals surface area contributed by atoms with Crippen molar-refractivity contribution < 1.29 is 4.79 Å². The predicted molar refractivity (Wildman–Crippen MR) is 90.3 cm³/mol. The third-order valence-electron chi connectivity index (χ3n) is 2.94. The first-order valence-corrected chi connectivity index (χ1v) is 8.31. The second kappa shape index (κ2) is 5.82. The van der Waals surface area contributed by atoms with Gasteiger partial charge in [-0.1, -0.05) is 22.9 Å². The molecule has 1 aliphatic carbocycles. The van der Waals surface area contributed by atoms with E-state index in [1.54, 1.807) is 18.2 Å². The highest BCUT2D eigenvalue weighted by molar-refractivity contribution is 9.10. The quantitative estimate of drug-likeness (QED) is 0.741. The Labute approximate surface area is 139 Å². The Hall–Kier alpha value is -1.31. The molecule has 0 bridgehead atoms. The Morgan fingerprint density at radius 3 is 2.90 bits per heavy atom. The van der Waals surface area contributed by atoms with Crippen molar-refractivity contribution in [2.24, 2.45) is 0 Å². The molecule has 4 N–H and O–H groups in total. The maximum absolute atomic E-state index is 12.3. The number of amides is 1. The second-order valence-electron chi connectivity index (χ2n) is 4.73. The summed E-state index contributed by atoms with van der Waals surface area (Å²) in [6.45, 7) is 0. The van der Waals surface area contributed by atoms with Crippen molar-refractivity contribution in [2.45, 2.75) is 18.9 Å². The fourth-order valence-corrected chi connectivity index (χ4v) is 3.37. The van der Waals surface area contributed by atoms with E-state index in [4.69, 9.17) is 17.3 Å². The average Bonchev–Trinajstić information content (AvgIpc) is 3.15. The van der Waals surface area contributed by atoms with Gasteiger partial charge in [0.1, 0.15) is 10.7 Å². The fourth-order valence-electron chi connectivity index (χ4n) is 1.73. The van der Waals surface area contributed by atoms with Crippen LogP contribution in [-0.2, 0) is 0 Å². The number of benzene rings is 1. The van der Waals surface area contributed by atoms with Crippen molar-refractivity contribution in [3.8, 4) is 0 Å². The number of nitrogens with two attached hydrogens (primary N) is 1. The Morgan fingerprint density at radius 1 is 1.48 bits per heavy atom. The summed E-state index contributed by atoms with van der Waals surface area (Å²) in [4.78, 5) is 16.9. The molecule has 21 heavy (non-hydrogen) atoms. The minimum atomic E-state index is -0.281. The number of halogens is 2. The molecule has 1 amide bonds. The third kappa shape index (κ3) is 3.48. The zero-order valence-corrected chi connectivity index (χ0v) is 14.0. The van der Waals surface area contributed by atoms with Gasteiger partial charge >= 0.3 is 0 Å². The van der Waals surface area contributed by atoms with Crippen LogP contribution in [0.1, 0.15) is 22.5 Å². The highest BCUT2D eigenvalue weighted by Gasteiger charge is 2.24. The van der Waals surface area contributed by atoms with Crippen LogP contribution in [0.5, 0.6) is 0 Å². The Bertz CT molecular complexity index is 701. The summed E-state index contributed by atoms with van der Waals surface area (Å²) in [7, 11) is 0. The number of rotatable bonds is 4. The summed E-state index contributed by atoms with van der Waals surface area (Å²) in [6.07, 6.45) is 2.28. The molecule has 1 aromatic carbocycles. The predicted octanol–water partition coefficient (Wildman–Crippen LogP) is 3.97. The highest BCUT2D eigenvalue weighted by atomic mass is 79.9. The molecule has 3 rings (SSSR count). The van der Waals surface area contributed by atoms with Gasteiger partial charge in [-0.15, -0.1) is 0 Å². The van der Waals surface area contributed by atoms with E-state index in [-0.39, 0.29) is 11.7 Å². The summed E-state index contributed by atoms with van der Waals surface area (Å²) < 4.78 is 0.711. The lowest BCUT2D eigenvalue weighted by Crippen LogP contribution is -2.12. The van der Waals surface area contributed by atoms with Gasteiger partial charge in [-0.25, -0.2) is 4.98 Å². The monoisotopic (exact) mass is 386 g/mol. The number of nitrogen functional groups attached to an aromatic ring is 1. The van der Waals surface area contributed by atoms with Crippen LogP contribution < -0.4 is 16.4 Å². The number of nitrogens with zero attached hydrogens (tertiary/aromatic N) is 1. The van der Waals surface area contributed by atoms with Crippen molar-refractivity contribution in [1.82, 2.24) is 4.98 Å². The number of hydrogen-bond acceptors (Lipinski definition) is 5. The van der Waals surface area contributed by atoms with E-state index in [2.05, 4.69) is 31.5 Å². The minimum Gasteiger partial charge on any atom is -0.382 e. The molecule has 1 fully saturated rings. The van der Waals surface area contributed by atoms with Crippen molar-refractivity contribution in [1.29, 1.82) is 0 Å². The van der Waals surface area contributed by atoms with Gasteiger partial charge in [0.15, 0.2) is 5.13 Å². The average molecular weight is 388 g/mol. The largest absolute Gasteiger partial charge is 0.382 e. The van der Waals surface area contributed by atoms with E-state index < -0.39 is 0 Å². The van der Waals surface area contributed by atoms with Gasteiger partial charge in [0, 0.05) is 15.5 Å². The maximum Gasteiger partial charge on any atom is 0.269 e. The van der Waals surface area contributed by atoms with E-state index in [0.717, 1.165) is 12.8 Å². The molecule has 110 valence electrons. The second-order valence-corrected chi connectivity index (χ2v) is 7.02. The van der Waals surface area contributed by atoms with Crippen molar-refractivity contribution in [3.05, 3.63) is 32.6 Å². The molecule has 1 aromatic heterocycles. The van der Waals surface area contributed by atoms with Gasteiger partial charge in [-0.3, -0.25) is 4.79 Å². The topological polar surface area (TPSA) is 80.0 Å². The Balaban J connectivity index is 1.76. The Kier molecular flexibility index (Phi) is 4.05. The summed E-state index contributed by atoms with van der Waals surface area (Å²) in [6, 6.07) is 5.62. The number of thiazole rings is 1. The summed E-state index contributed by atoms with van der Waals surface area (Å²) in [5.74, 6) is -0.0393. The van der Waals surface area contributed by atoms with Crippen LogP contribution in [0, 0.1) is 0 Å². The van der Waals surface area contributed by atoms with Gasteiger partial charge in [0.25, 0.3) is 5.91 Å². The molecule has 0 unspecified atom stereocenters. The van der Waals surface area contributed by atoms with Gasteiger partial charge < -0.3 is 16.4 Å². The van der Waals surface area contributed by atoms with Crippen LogP contribution in [0.3, 0.4) is 0 Å². The molecule has 0 atom stereocenters. The van der Waals surface area contributed by atoms with Gasteiger partial charge in [-0.05, 0) is 47.0 Å². The van der Waals surface area contributed by atoms with Gasteiger partial charge in [0.2, 0.25) is 0 Å². The lowest BCUT2D eigenvalue weighted by molar-refractivity contribution is 0.103. The number of carbonyl (C=O) groups is 1. The van der Waals surface area contributed by atoms with Crippen molar-refractivity contribution >= 4 is 61.4 Å². The van der Waals surface area contributed by atoms with Gasteiger partial charge in [0.05, 0.1) is 5.69 Å². The summed E-state index contributed by atoms with van der Waals surface area (Å²) in [5.41, 5.74) is 6.45. The van der Waals surface area contributed by atoms with Crippen LogP contribution in [0.15, 0.2) is 22.7 Å².